The van der Waals surface area contributed by atoms with E-state index < -0.39 is 35.1 Å². The molecule has 2 aliphatic rings. The van der Waals surface area contributed by atoms with Crippen LogP contribution in [0.4, 0.5) is 13.2 Å². The van der Waals surface area contributed by atoms with Crippen molar-refractivity contribution >= 4 is 22.9 Å². The zero-order chi connectivity index (χ0) is 26.3. The monoisotopic (exact) mass is 529 g/mol. The number of carbonyl (C=O) groups excluding carboxylic acids is 1. The number of aromatic nitrogens is 1. The van der Waals surface area contributed by atoms with Crippen molar-refractivity contribution in [3.05, 3.63) is 48.7 Å². The van der Waals surface area contributed by atoms with Gasteiger partial charge >= 0.3 is 12.1 Å². The smallest absolute Gasteiger partial charge is 0.475 e. The normalized spacial score (nSPS) is 22.8. The van der Waals surface area contributed by atoms with E-state index in [9.17, 15) is 27.4 Å². The van der Waals surface area contributed by atoms with Crippen molar-refractivity contribution < 1.29 is 42.0 Å². The van der Waals surface area contributed by atoms with Crippen LogP contribution in [0.2, 0.25) is 0 Å². The number of rotatable bonds is 5. The van der Waals surface area contributed by atoms with Crippen molar-refractivity contribution in [3.8, 4) is 11.6 Å². The molecule has 196 valence electrons. The number of carbonyl (C=O) groups is 2. The van der Waals surface area contributed by atoms with E-state index >= 15 is 0 Å². The SMILES string of the molecule is O=C(NO)C1C2CCCCC2CCN1S(=O)c1ccc(Oc2ccccc2)nc1.O=C(O)C(F)(F)F. The van der Waals surface area contributed by atoms with E-state index in [1.165, 1.54) is 12.6 Å². The summed E-state index contributed by atoms with van der Waals surface area (Å²) in [7, 11) is -1.55. The Morgan fingerprint density at radius 2 is 1.75 bits per heavy atom. The second-order valence-corrected chi connectivity index (χ2v) is 9.80. The number of piperidine rings is 1. The van der Waals surface area contributed by atoms with Crippen LogP contribution < -0.4 is 10.2 Å². The number of carboxylic acids is 1. The van der Waals surface area contributed by atoms with Gasteiger partial charge in [0.05, 0.1) is 4.90 Å². The summed E-state index contributed by atoms with van der Waals surface area (Å²) < 4.78 is 52.4. The summed E-state index contributed by atoms with van der Waals surface area (Å²) in [6, 6.07) is 12.1. The van der Waals surface area contributed by atoms with Crippen LogP contribution >= 0.6 is 0 Å². The van der Waals surface area contributed by atoms with E-state index in [0.29, 0.717) is 29.0 Å². The number of hydrogen-bond donors (Lipinski definition) is 3. The van der Waals surface area contributed by atoms with Gasteiger partial charge in [-0.05, 0) is 42.9 Å². The van der Waals surface area contributed by atoms with Gasteiger partial charge in [0, 0.05) is 18.8 Å². The third kappa shape index (κ3) is 7.02. The predicted molar refractivity (Wildman–Crippen MR) is 121 cm³/mol. The van der Waals surface area contributed by atoms with E-state index in [1.807, 2.05) is 30.3 Å². The molecule has 2 heterocycles. The molecule has 1 aromatic carbocycles. The molecule has 1 aliphatic heterocycles. The quantitative estimate of drug-likeness (QED) is 0.396. The van der Waals surface area contributed by atoms with Crippen molar-refractivity contribution in [3.63, 3.8) is 0 Å². The molecule has 1 saturated carbocycles. The number of hydrogen-bond acceptors (Lipinski definition) is 6. The number of alkyl halides is 3. The Labute approximate surface area is 207 Å². The molecule has 0 bridgehead atoms. The lowest BCUT2D eigenvalue weighted by Gasteiger charge is -2.45. The number of carboxylic acid groups (broad SMARTS) is 1. The summed E-state index contributed by atoms with van der Waals surface area (Å²) >= 11 is 0. The van der Waals surface area contributed by atoms with Crippen molar-refractivity contribution in [2.75, 3.05) is 6.54 Å². The number of nitrogens with zero attached hydrogens (tertiary/aromatic N) is 2. The lowest BCUT2D eigenvalue weighted by atomic mass is 9.71. The van der Waals surface area contributed by atoms with Gasteiger partial charge in [0.2, 0.25) is 5.88 Å². The Bertz CT molecular complexity index is 1060. The molecule has 0 radical (unpaired) electrons. The fourth-order valence-corrected chi connectivity index (χ4v) is 5.84. The number of pyridine rings is 1. The highest BCUT2D eigenvalue weighted by Crippen LogP contribution is 2.41. The lowest BCUT2D eigenvalue weighted by Crippen LogP contribution is -2.57. The van der Waals surface area contributed by atoms with E-state index in [4.69, 9.17) is 14.6 Å². The number of para-hydroxylation sites is 1. The Morgan fingerprint density at radius 3 is 2.33 bits per heavy atom. The Hall–Kier alpha value is -3.03. The number of benzene rings is 1. The zero-order valence-corrected chi connectivity index (χ0v) is 19.9. The molecule has 0 spiro atoms. The predicted octanol–water partition coefficient (Wildman–Crippen LogP) is 3.92. The molecule has 9 nitrogen and oxygen atoms in total. The van der Waals surface area contributed by atoms with Gasteiger partial charge in [0.15, 0.2) is 0 Å². The summed E-state index contributed by atoms with van der Waals surface area (Å²) in [4.78, 5) is 26.1. The fourth-order valence-electron chi connectivity index (χ4n) is 4.51. The van der Waals surface area contributed by atoms with Crippen molar-refractivity contribution in [1.29, 1.82) is 0 Å². The molecule has 2 fully saturated rings. The molecule has 1 aliphatic carbocycles. The average molecular weight is 530 g/mol. The van der Waals surface area contributed by atoms with E-state index in [0.717, 1.165) is 25.7 Å². The summed E-state index contributed by atoms with van der Waals surface area (Å²) in [6.45, 7) is 0.550. The molecular formula is C23H26F3N3O6S. The highest BCUT2D eigenvalue weighted by molar-refractivity contribution is 7.82. The maximum Gasteiger partial charge on any atom is 0.490 e. The molecule has 1 amide bonds. The van der Waals surface area contributed by atoms with Crippen LogP contribution in [0, 0.1) is 11.8 Å². The first kappa shape index (κ1) is 27.6. The maximum absolute atomic E-state index is 13.3. The molecule has 3 N–H and O–H groups in total. The third-order valence-corrected chi connectivity index (χ3v) is 7.60. The summed E-state index contributed by atoms with van der Waals surface area (Å²) in [5.74, 6) is -1.60. The van der Waals surface area contributed by atoms with Gasteiger partial charge in [-0.25, -0.2) is 23.8 Å². The first-order chi connectivity index (χ1) is 17.1. The Balaban J connectivity index is 0.000000454. The Kier molecular flexibility index (Phi) is 9.40. The van der Waals surface area contributed by atoms with Crippen molar-refractivity contribution in [2.45, 2.75) is 49.2 Å². The fraction of sp³-hybridized carbons (Fsp3) is 0.435. The standard InChI is InChI=1S/C21H25N3O4S.C2HF3O2/c25-21(23-26)20-18-9-5-4-6-15(18)12-13-24(20)29(27)17-10-11-19(22-14-17)28-16-7-2-1-3-8-16;3-2(4,5)1(6)7/h1-3,7-8,10-11,14-15,18,20,26H,4-6,9,12-13H2,(H,23,25);(H,6,7). The third-order valence-electron chi connectivity index (χ3n) is 6.11. The highest BCUT2D eigenvalue weighted by Gasteiger charge is 2.45. The molecule has 4 unspecified atom stereocenters. The number of halogens is 3. The second kappa shape index (κ2) is 12.3. The first-order valence-electron chi connectivity index (χ1n) is 11.2. The number of aliphatic carboxylic acids is 1. The molecule has 4 rings (SSSR count). The van der Waals surface area contributed by atoms with E-state index in [2.05, 4.69) is 4.98 Å². The molecule has 1 aromatic heterocycles. The van der Waals surface area contributed by atoms with Gasteiger partial charge in [-0.1, -0.05) is 37.5 Å². The van der Waals surface area contributed by atoms with Crippen LogP contribution in [0.3, 0.4) is 0 Å². The number of ether oxygens (including phenoxy) is 1. The van der Waals surface area contributed by atoms with Crippen LogP contribution in [0.25, 0.3) is 0 Å². The van der Waals surface area contributed by atoms with Gasteiger partial charge in [-0.15, -0.1) is 0 Å². The van der Waals surface area contributed by atoms with Gasteiger partial charge in [-0.2, -0.15) is 13.2 Å². The summed E-state index contributed by atoms with van der Waals surface area (Å²) in [6.07, 6.45) is 1.59. The minimum Gasteiger partial charge on any atom is -0.475 e. The van der Waals surface area contributed by atoms with Crippen molar-refractivity contribution in [2.24, 2.45) is 11.8 Å². The second-order valence-electron chi connectivity index (χ2n) is 8.36. The van der Waals surface area contributed by atoms with Crippen molar-refractivity contribution in [1.82, 2.24) is 14.8 Å². The molecular weight excluding hydrogens is 503 g/mol. The highest BCUT2D eigenvalue weighted by atomic mass is 32.2. The molecule has 13 heteroatoms. The summed E-state index contributed by atoms with van der Waals surface area (Å²) in [5.41, 5.74) is 1.79. The minimum atomic E-state index is -5.08. The summed E-state index contributed by atoms with van der Waals surface area (Å²) in [5, 5.41) is 16.4. The van der Waals surface area contributed by atoms with Crippen LogP contribution in [-0.4, -0.2) is 54.5 Å². The maximum atomic E-state index is 13.3. The number of nitrogens with one attached hydrogen (secondary N) is 1. The number of fused-ring (bicyclic) bond motifs is 1. The zero-order valence-electron chi connectivity index (χ0n) is 19.1. The van der Waals surface area contributed by atoms with Crippen LogP contribution in [-0.2, 0) is 20.6 Å². The Morgan fingerprint density at radius 1 is 1.08 bits per heavy atom. The molecule has 2 aromatic rings. The number of hydroxylamine groups is 1. The minimum absolute atomic E-state index is 0.113. The van der Waals surface area contributed by atoms with Crippen LogP contribution in [0.15, 0.2) is 53.6 Å². The van der Waals surface area contributed by atoms with Gasteiger partial charge in [0.1, 0.15) is 22.8 Å². The van der Waals surface area contributed by atoms with Gasteiger partial charge in [-0.3, -0.25) is 10.0 Å². The first-order valence-corrected chi connectivity index (χ1v) is 12.3. The lowest BCUT2D eigenvalue weighted by molar-refractivity contribution is -0.192. The average Bonchev–Trinajstić information content (AvgIpc) is 2.88. The topological polar surface area (TPSA) is 129 Å². The van der Waals surface area contributed by atoms with E-state index in [1.54, 1.807) is 21.9 Å². The van der Waals surface area contributed by atoms with Crippen LogP contribution in [0.5, 0.6) is 11.6 Å². The van der Waals surface area contributed by atoms with Gasteiger partial charge in [0.25, 0.3) is 5.91 Å². The van der Waals surface area contributed by atoms with Gasteiger partial charge < -0.3 is 9.84 Å². The largest absolute Gasteiger partial charge is 0.490 e. The van der Waals surface area contributed by atoms with E-state index in [-0.39, 0.29) is 5.92 Å². The molecule has 1 saturated heterocycles. The number of amides is 1. The molecule has 4 atom stereocenters. The molecule has 36 heavy (non-hydrogen) atoms. The van der Waals surface area contributed by atoms with Crippen LogP contribution in [0.1, 0.15) is 32.1 Å².